The first kappa shape index (κ1) is 25.8. The fourth-order valence-electron chi connectivity index (χ4n) is 3.93. The highest BCUT2D eigenvalue weighted by Crippen LogP contribution is 2.32. The van der Waals surface area contributed by atoms with Crippen molar-refractivity contribution < 1.29 is 30.0 Å². The Bertz CT molecular complexity index is 1330. The molecule has 9 nitrogen and oxygen atoms in total. The van der Waals surface area contributed by atoms with Gasteiger partial charge in [-0.25, -0.2) is 0 Å². The molecule has 1 fully saturated rings. The lowest BCUT2D eigenvalue weighted by Gasteiger charge is -2.38. The average molecular weight is 510 g/mol. The number of nitriles is 1. The fraction of sp³-hybridized carbons (Fsp3) is 0.308. The highest BCUT2D eigenvalue weighted by molar-refractivity contribution is 7.16. The van der Waals surface area contributed by atoms with E-state index in [1.165, 1.54) is 17.4 Å². The van der Waals surface area contributed by atoms with Crippen LogP contribution in [0.15, 0.2) is 54.1 Å². The zero-order valence-electron chi connectivity index (χ0n) is 19.7. The van der Waals surface area contributed by atoms with Crippen LogP contribution in [-0.4, -0.2) is 77.7 Å². The van der Waals surface area contributed by atoms with Gasteiger partial charge >= 0.3 is 0 Å². The molecular weight excluding hydrogens is 482 g/mol. The topological polar surface area (TPSA) is 146 Å². The van der Waals surface area contributed by atoms with Crippen molar-refractivity contribution in [2.75, 3.05) is 25.5 Å². The van der Waals surface area contributed by atoms with Crippen molar-refractivity contribution in [3.8, 4) is 16.5 Å². The van der Waals surface area contributed by atoms with Crippen molar-refractivity contribution in [3.05, 3.63) is 59.0 Å². The molecule has 188 valence electrons. The molecule has 3 aromatic rings. The van der Waals surface area contributed by atoms with Gasteiger partial charge in [-0.3, -0.25) is 4.79 Å². The van der Waals surface area contributed by atoms with Gasteiger partial charge in [0, 0.05) is 36.1 Å². The van der Waals surface area contributed by atoms with Crippen molar-refractivity contribution in [2.24, 2.45) is 0 Å². The van der Waals surface area contributed by atoms with Gasteiger partial charge in [-0.2, -0.15) is 5.26 Å². The Balaban J connectivity index is 1.46. The lowest BCUT2D eigenvalue weighted by molar-refractivity contribution is -0.280. The quantitative estimate of drug-likeness (QED) is 0.248. The number of aliphatic hydroxyl groups is 4. The Morgan fingerprint density at radius 1 is 1.06 bits per heavy atom. The van der Waals surface area contributed by atoms with Crippen LogP contribution in [0.3, 0.4) is 0 Å². The number of anilines is 1. The molecule has 5 N–H and O–H groups in total. The summed E-state index contributed by atoms with van der Waals surface area (Å²) in [6, 6.07) is 18.1. The Kier molecular flexibility index (Phi) is 7.70. The summed E-state index contributed by atoms with van der Waals surface area (Å²) in [4.78, 5) is 16.3. The van der Waals surface area contributed by atoms with Crippen molar-refractivity contribution in [2.45, 2.75) is 30.7 Å². The van der Waals surface area contributed by atoms with Gasteiger partial charge in [0.2, 0.25) is 0 Å². The lowest BCUT2D eigenvalue weighted by Crippen LogP contribution is -2.60. The van der Waals surface area contributed by atoms with Crippen LogP contribution in [0.2, 0.25) is 0 Å². The van der Waals surface area contributed by atoms with Crippen LogP contribution in [-0.2, 0) is 9.53 Å². The lowest BCUT2D eigenvalue weighted by atomic mass is 9.99. The van der Waals surface area contributed by atoms with Crippen LogP contribution in [0.1, 0.15) is 4.88 Å². The SMILES string of the molecule is CN(C)c1ccc2cc(-c3ccc(/C=C(\C#N)C(=O)NC[C@H]4OC(O)[C@H](O)[C@@H](O)[C@@H]4O)s3)ccc2c1. The van der Waals surface area contributed by atoms with Crippen molar-refractivity contribution in [1.82, 2.24) is 5.32 Å². The predicted octanol–water partition coefficient (Wildman–Crippen LogP) is 1.46. The number of nitrogens with one attached hydrogen (secondary N) is 1. The molecule has 0 spiro atoms. The van der Waals surface area contributed by atoms with Gasteiger partial charge in [0.25, 0.3) is 5.91 Å². The van der Waals surface area contributed by atoms with Gasteiger partial charge in [-0.1, -0.05) is 18.2 Å². The molecule has 1 saturated heterocycles. The summed E-state index contributed by atoms with van der Waals surface area (Å²) < 4.78 is 5.04. The Labute approximate surface area is 212 Å². The molecular formula is C26H27N3O6S. The van der Waals surface area contributed by atoms with E-state index in [0.29, 0.717) is 4.88 Å². The smallest absolute Gasteiger partial charge is 0.262 e. The molecule has 0 aliphatic carbocycles. The van der Waals surface area contributed by atoms with E-state index in [4.69, 9.17) is 4.74 Å². The summed E-state index contributed by atoms with van der Waals surface area (Å²) in [6.45, 7) is -0.276. The summed E-state index contributed by atoms with van der Waals surface area (Å²) in [6.07, 6.45) is -6.19. The molecule has 2 aromatic carbocycles. The molecule has 1 amide bonds. The molecule has 1 aliphatic heterocycles. The molecule has 5 atom stereocenters. The molecule has 2 heterocycles. The minimum Gasteiger partial charge on any atom is -0.388 e. The van der Waals surface area contributed by atoms with Crippen molar-refractivity contribution in [3.63, 3.8) is 0 Å². The molecule has 1 unspecified atom stereocenters. The summed E-state index contributed by atoms with van der Waals surface area (Å²) in [7, 11) is 4.00. The van der Waals surface area contributed by atoms with E-state index in [2.05, 4.69) is 40.5 Å². The van der Waals surface area contributed by atoms with Gasteiger partial charge < -0.3 is 35.4 Å². The van der Waals surface area contributed by atoms with E-state index in [1.807, 2.05) is 38.4 Å². The van der Waals surface area contributed by atoms with Crippen LogP contribution in [0.5, 0.6) is 0 Å². The minimum atomic E-state index is -1.70. The molecule has 1 aliphatic rings. The monoisotopic (exact) mass is 509 g/mol. The van der Waals surface area contributed by atoms with E-state index in [9.17, 15) is 30.5 Å². The third kappa shape index (κ3) is 5.42. The van der Waals surface area contributed by atoms with Gasteiger partial charge in [0.15, 0.2) is 6.29 Å². The van der Waals surface area contributed by atoms with Gasteiger partial charge in [-0.15, -0.1) is 11.3 Å². The normalized spacial score (nSPS) is 24.4. The second-order valence-corrected chi connectivity index (χ2v) is 9.87. The molecule has 0 bridgehead atoms. The molecule has 1 aromatic heterocycles. The van der Waals surface area contributed by atoms with E-state index < -0.39 is 36.6 Å². The number of benzene rings is 2. The van der Waals surface area contributed by atoms with Crippen LogP contribution < -0.4 is 10.2 Å². The maximum absolute atomic E-state index is 12.5. The first-order valence-electron chi connectivity index (χ1n) is 11.3. The third-order valence-electron chi connectivity index (χ3n) is 6.05. The summed E-state index contributed by atoms with van der Waals surface area (Å²) in [5.74, 6) is -0.694. The second-order valence-electron chi connectivity index (χ2n) is 8.76. The number of rotatable bonds is 6. The Morgan fingerprint density at radius 3 is 2.50 bits per heavy atom. The van der Waals surface area contributed by atoms with Crippen LogP contribution >= 0.6 is 11.3 Å². The van der Waals surface area contributed by atoms with Gasteiger partial charge in [-0.05, 0) is 52.7 Å². The maximum Gasteiger partial charge on any atom is 0.262 e. The number of amides is 1. The summed E-state index contributed by atoms with van der Waals surface area (Å²) >= 11 is 1.44. The van der Waals surface area contributed by atoms with E-state index in [0.717, 1.165) is 26.9 Å². The van der Waals surface area contributed by atoms with Gasteiger partial charge in [0.05, 0.1) is 0 Å². The minimum absolute atomic E-state index is 0.149. The number of nitrogens with zero attached hydrogens (tertiary/aromatic N) is 2. The number of ether oxygens (including phenoxy) is 1. The van der Waals surface area contributed by atoms with E-state index in [1.54, 1.807) is 0 Å². The second kappa shape index (κ2) is 10.8. The number of carbonyl (C=O) groups excluding carboxylic acids is 1. The molecule has 36 heavy (non-hydrogen) atoms. The first-order valence-corrected chi connectivity index (χ1v) is 12.1. The Hall–Kier alpha value is -3.30. The summed E-state index contributed by atoms with van der Waals surface area (Å²) in [5.41, 5.74) is 2.00. The number of thiophene rings is 1. The maximum atomic E-state index is 12.5. The molecule has 4 rings (SSSR count). The van der Waals surface area contributed by atoms with E-state index in [-0.39, 0.29) is 12.1 Å². The average Bonchev–Trinajstić information content (AvgIpc) is 3.35. The van der Waals surface area contributed by atoms with E-state index >= 15 is 0 Å². The molecule has 0 radical (unpaired) electrons. The van der Waals surface area contributed by atoms with Crippen LogP contribution in [0.25, 0.3) is 27.3 Å². The number of fused-ring (bicyclic) bond motifs is 1. The van der Waals surface area contributed by atoms with Crippen LogP contribution in [0, 0.1) is 11.3 Å². The zero-order chi connectivity index (χ0) is 26.0. The standard InChI is InChI=1S/C26H27N3O6S/c1-29(2)18-6-5-14-9-16(4-3-15(14)10-18)21-8-7-19(36-21)11-17(12-27)25(33)28-13-20-22(30)23(31)24(32)26(34)35-20/h3-11,20,22-24,26,30-32,34H,13H2,1-2H3,(H,28,33)/b17-11+/t20-,22-,23+,24-,26?/m1/s1. The highest BCUT2D eigenvalue weighted by atomic mass is 32.1. The van der Waals surface area contributed by atoms with Crippen LogP contribution in [0.4, 0.5) is 5.69 Å². The number of carbonyl (C=O) groups is 1. The molecule has 10 heteroatoms. The zero-order valence-corrected chi connectivity index (χ0v) is 20.5. The molecule has 0 saturated carbocycles. The number of hydrogen-bond donors (Lipinski definition) is 5. The Morgan fingerprint density at radius 2 is 1.78 bits per heavy atom. The predicted molar refractivity (Wildman–Crippen MR) is 137 cm³/mol. The number of aliphatic hydroxyl groups excluding tert-OH is 4. The van der Waals surface area contributed by atoms with Crippen molar-refractivity contribution >= 4 is 39.8 Å². The number of hydrogen-bond acceptors (Lipinski definition) is 9. The summed E-state index contributed by atoms with van der Waals surface area (Å²) in [5, 5.41) is 53.1. The first-order chi connectivity index (χ1) is 17.2. The fourth-order valence-corrected chi connectivity index (χ4v) is 4.88. The largest absolute Gasteiger partial charge is 0.388 e. The van der Waals surface area contributed by atoms with Crippen molar-refractivity contribution in [1.29, 1.82) is 5.26 Å². The highest BCUT2D eigenvalue weighted by Gasteiger charge is 2.42. The van der Waals surface area contributed by atoms with Gasteiger partial charge in [0.1, 0.15) is 36.1 Å². The third-order valence-corrected chi connectivity index (χ3v) is 7.14.